The summed E-state index contributed by atoms with van der Waals surface area (Å²) in [6.07, 6.45) is 0.521. The van der Waals surface area contributed by atoms with Gasteiger partial charge in [-0.15, -0.1) is 0 Å². The van der Waals surface area contributed by atoms with Gasteiger partial charge >= 0.3 is 0 Å². The van der Waals surface area contributed by atoms with Crippen molar-refractivity contribution < 1.29 is 5.11 Å². The molecular formula is C17H20N2O. The Bertz CT molecular complexity index is 642. The highest BCUT2D eigenvalue weighted by atomic mass is 16.2. The van der Waals surface area contributed by atoms with E-state index in [0.717, 1.165) is 17.8 Å². The molecule has 1 aromatic heterocycles. The molecule has 3 heteroatoms. The standard InChI is InChI=1S/C17H20N2O/c1-13-14(2)18-19(15(13)3)12-17-9-7-16(8-10-17)6-4-5-11-20/h7-10,20H,5,11-12H2,1-3H3. The number of hydrogen-bond acceptors (Lipinski definition) is 2. The smallest absolute Gasteiger partial charge is 0.0662 e. The highest BCUT2D eigenvalue weighted by molar-refractivity contribution is 5.36. The fourth-order valence-electron chi connectivity index (χ4n) is 2.03. The van der Waals surface area contributed by atoms with E-state index in [4.69, 9.17) is 5.11 Å². The fraction of sp³-hybridized carbons (Fsp3) is 0.353. The third-order valence-electron chi connectivity index (χ3n) is 3.50. The average molecular weight is 268 g/mol. The molecule has 0 aliphatic rings. The van der Waals surface area contributed by atoms with Gasteiger partial charge in [-0.25, -0.2) is 0 Å². The zero-order valence-electron chi connectivity index (χ0n) is 12.3. The quantitative estimate of drug-likeness (QED) is 0.869. The summed E-state index contributed by atoms with van der Waals surface area (Å²) in [5.41, 5.74) is 5.76. The molecular weight excluding hydrogens is 248 g/mol. The number of hydrogen-bond donors (Lipinski definition) is 1. The molecule has 1 N–H and O–H groups in total. The molecule has 0 unspecified atom stereocenters. The number of aromatic nitrogens is 2. The Hall–Kier alpha value is -2.05. The first-order valence-corrected chi connectivity index (χ1v) is 6.81. The van der Waals surface area contributed by atoms with Crippen LogP contribution in [-0.4, -0.2) is 21.5 Å². The van der Waals surface area contributed by atoms with E-state index in [1.807, 2.05) is 23.7 Å². The largest absolute Gasteiger partial charge is 0.395 e. The first-order valence-electron chi connectivity index (χ1n) is 6.81. The molecule has 0 amide bonds. The maximum absolute atomic E-state index is 8.69. The minimum absolute atomic E-state index is 0.113. The molecule has 1 heterocycles. The van der Waals surface area contributed by atoms with Crippen molar-refractivity contribution in [3.05, 3.63) is 52.3 Å². The highest BCUT2D eigenvalue weighted by Gasteiger charge is 2.07. The molecule has 0 bridgehead atoms. The van der Waals surface area contributed by atoms with Crippen LogP contribution in [0.5, 0.6) is 0 Å². The van der Waals surface area contributed by atoms with E-state index < -0.39 is 0 Å². The van der Waals surface area contributed by atoms with Gasteiger partial charge in [-0.05, 0) is 44.0 Å². The topological polar surface area (TPSA) is 38.0 Å². The monoisotopic (exact) mass is 268 g/mol. The molecule has 0 saturated heterocycles. The number of aliphatic hydroxyl groups excluding tert-OH is 1. The van der Waals surface area contributed by atoms with E-state index >= 15 is 0 Å². The first-order chi connectivity index (χ1) is 9.61. The molecule has 0 saturated carbocycles. The van der Waals surface area contributed by atoms with Crippen LogP contribution in [0.15, 0.2) is 24.3 Å². The van der Waals surface area contributed by atoms with Crippen molar-refractivity contribution in [3.8, 4) is 11.8 Å². The van der Waals surface area contributed by atoms with Gasteiger partial charge in [-0.1, -0.05) is 24.0 Å². The number of aliphatic hydroxyl groups is 1. The normalized spacial score (nSPS) is 10.2. The Morgan fingerprint density at radius 3 is 2.40 bits per heavy atom. The van der Waals surface area contributed by atoms with Crippen LogP contribution in [0.1, 0.15) is 34.5 Å². The van der Waals surface area contributed by atoms with Crippen LogP contribution < -0.4 is 0 Å². The first kappa shape index (κ1) is 14.4. The summed E-state index contributed by atoms with van der Waals surface area (Å²) in [4.78, 5) is 0. The van der Waals surface area contributed by atoms with E-state index in [1.54, 1.807) is 0 Å². The molecule has 2 rings (SSSR count). The lowest BCUT2D eigenvalue weighted by atomic mass is 10.1. The van der Waals surface area contributed by atoms with Gasteiger partial charge in [0, 0.05) is 17.7 Å². The lowest BCUT2D eigenvalue weighted by Gasteiger charge is -2.05. The summed E-state index contributed by atoms with van der Waals surface area (Å²) in [6, 6.07) is 8.18. The maximum Gasteiger partial charge on any atom is 0.0662 e. The van der Waals surface area contributed by atoms with Crippen molar-refractivity contribution in [1.82, 2.24) is 9.78 Å². The second-order valence-electron chi connectivity index (χ2n) is 4.93. The molecule has 2 aromatic rings. The molecule has 0 spiro atoms. The second-order valence-corrected chi connectivity index (χ2v) is 4.93. The number of aryl methyl sites for hydroxylation is 1. The highest BCUT2D eigenvalue weighted by Crippen LogP contribution is 2.13. The van der Waals surface area contributed by atoms with E-state index in [1.165, 1.54) is 16.8 Å². The van der Waals surface area contributed by atoms with Crippen LogP contribution in [0.2, 0.25) is 0 Å². The molecule has 0 atom stereocenters. The zero-order chi connectivity index (χ0) is 14.5. The van der Waals surface area contributed by atoms with Crippen molar-refractivity contribution in [2.45, 2.75) is 33.7 Å². The van der Waals surface area contributed by atoms with Gasteiger partial charge in [0.1, 0.15) is 0 Å². The Balaban J connectivity index is 2.11. The van der Waals surface area contributed by atoms with Gasteiger partial charge in [0.2, 0.25) is 0 Å². The van der Waals surface area contributed by atoms with Crippen LogP contribution in [0.3, 0.4) is 0 Å². The lowest BCUT2D eigenvalue weighted by molar-refractivity contribution is 0.305. The van der Waals surface area contributed by atoms with Crippen LogP contribution >= 0.6 is 0 Å². The molecule has 1 aromatic carbocycles. The summed E-state index contributed by atoms with van der Waals surface area (Å²) < 4.78 is 2.04. The predicted molar refractivity (Wildman–Crippen MR) is 80.6 cm³/mol. The number of nitrogens with zero attached hydrogens (tertiary/aromatic N) is 2. The molecule has 0 aliphatic heterocycles. The Morgan fingerprint density at radius 1 is 1.15 bits per heavy atom. The minimum Gasteiger partial charge on any atom is -0.395 e. The summed E-state index contributed by atoms with van der Waals surface area (Å²) >= 11 is 0. The Kier molecular flexibility index (Phi) is 4.60. The summed E-state index contributed by atoms with van der Waals surface area (Å²) in [5.74, 6) is 5.95. The molecule has 3 nitrogen and oxygen atoms in total. The van der Waals surface area contributed by atoms with Crippen LogP contribution in [0.25, 0.3) is 0 Å². The van der Waals surface area contributed by atoms with Gasteiger partial charge in [-0.3, -0.25) is 4.68 Å². The second kappa shape index (κ2) is 6.40. The van der Waals surface area contributed by atoms with Crippen molar-refractivity contribution in [2.75, 3.05) is 6.61 Å². The maximum atomic E-state index is 8.69. The molecule has 0 fully saturated rings. The van der Waals surface area contributed by atoms with Crippen LogP contribution in [-0.2, 0) is 6.54 Å². The Labute approximate surface area is 120 Å². The average Bonchev–Trinajstić information content (AvgIpc) is 2.69. The van der Waals surface area contributed by atoms with Gasteiger partial charge in [0.15, 0.2) is 0 Å². The number of rotatable bonds is 3. The van der Waals surface area contributed by atoms with Crippen LogP contribution in [0, 0.1) is 32.6 Å². The molecule has 20 heavy (non-hydrogen) atoms. The van der Waals surface area contributed by atoms with E-state index in [2.05, 4.69) is 42.9 Å². The SMILES string of the molecule is Cc1nn(Cc2ccc(C#CCCO)cc2)c(C)c1C. The van der Waals surface area contributed by atoms with Crippen molar-refractivity contribution >= 4 is 0 Å². The van der Waals surface area contributed by atoms with Crippen molar-refractivity contribution in [2.24, 2.45) is 0 Å². The minimum atomic E-state index is 0.113. The third-order valence-corrected chi connectivity index (χ3v) is 3.50. The Morgan fingerprint density at radius 2 is 1.85 bits per heavy atom. The summed E-state index contributed by atoms with van der Waals surface area (Å²) in [7, 11) is 0. The van der Waals surface area contributed by atoms with Gasteiger partial charge in [0.05, 0.1) is 18.8 Å². The lowest BCUT2D eigenvalue weighted by Crippen LogP contribution is -2.04. The van der Waals surface area contributed by atoms with E-state index in [-0.39, 0.29) is 6.61 Å². The molecule has 104 valence electrons. The van der Waals surface area contributed by atoms with Gasteiger partial charge < -0.3 is 5.11 Å². The summed E-state index contributed by atoms with van der Waals surface area (Å²) in [6.45, 7) is 7.14. The molecule has 0 radical (unpaired) electrons. The fourth-order valence-corrected chi connectivity index (χ4v) is 2.03. The number of benzene rings is 1. The van der Waals surface area contributed by atoms with E-state index in [9.17, 15) is 0 Å². The van der Waals surface area contributed by atoms with Gasteiger partial charge in [-0.2, -0.15) is 5.10 Å². The van der Waals surface area contributed by atoms with Crippen molar-refractivity contribution in [1.29, 1.82) is 0 Å². The third kappa shape index (κ3) is 3.28. The predicted octanol–water partition coefficient (Wildman–Crippen LogP) is 2.59. The van der Waals surface area contributed by atoms with Gasteiger partial charge in [0.25, 0.3) is 0 Å². The van der Waals surface area contributed by atoms with Crippen LogP contribution in [0.4, 0.5) is 0 Å². The molecule has 0 aliphatic carbocycles. The zero-order valence-corrected chi connectivity index (χ0v) is 12.3. The van der Waals surface area contributed by atoms with E-state index in [0.29, 0.717) is 6.42 Å². The van der Waals surface area contributed by atoms with Crippen molar-refractivity contribution in [3.63, 3.8) is 0 Å². The summed E-state index contributed by atoms with van der Waals surface area (Å²) in [5, 5.41) is 13.2.